The van der Waals surface area contributed by atoms with Crippen LogP contribution in [0.2, 0.25) is 0 Å². The number of thiol groups is 1. The smallest absolute Gasteiger partial charge is 0.0503 e. The van der Waals surface area contributed by atoms with E-state index in [9.17, 15) is 0 Å². The number of nitrogens with one attached hydrogen (secondary N) is 1. The van der Waals surface area contributed by atoms with Crippen molar-refractivity contribution in [1.29, 1.82) is 0 Å². The number of anilines is 2. The molecule has 1 aliphatic rings. The van der Waals surface area contributed by atoms with Crippen molar-refractivity contribution in [1.82, 2.24) is 0 Å². The van der Waals surface area contributed by atoms with Gasteiger partial charge in [-0.15, -0.1) is 0 Å². The van der Waals surface area contributed by atoms with Gasteiger partial charge in [0.1, 0.15) is 0 Å². The lowest BCUT2D eigenvalue weighted by Gasteiger charge is -2.29. The Morgan fingerprint density at radius 1 is 0.851 bits per heavy atom. The second-order valence-electron chi connectivity index (χ2n) is 13.7. The largest absolute Gasteiger partial charge is 0.385 e. The molecule has 0 saturated heterocycles. The highest BCUT2D eigenvalue weighted by Crippen LogP contribution is 2.50. The van der Waals surface area contributed by atoms with Crippen molar-refractivity contribution < 1.29 is 4.18 Å². The molecule has 4 aromatic rings. The standard InChI is InChI=1S/C42H52N2OS2/c1-41(2,39-34-20-11-9-18-32(34)23-25-36(39)43-28-14-16-30-46)27-13-7-6-8-22-38-42(3,4)40-35-21-12-10-19-33(35)24-26-37(40)44(38)29-15-17-31-47-45-5/h6-13,18-26,43,46H,14-17,27-31H2,1-5H3/b8-6+,13-7+,38-22+. The minimum atomic E-state index is -0.0991. The number of nitrogens with zero attached hydrogens (tertiary/aromatic N) is 1. The van der Waals surface area contributed by atoms with E-state index in [0.29, 0.717) is 0 Å². The number of unbranched alkanes of at least 4 members (excludes halogenated alkanes) is 2. The van der Waals surface area contributed by atoms with Gasteiger partial charge in [-0.3, -0.25) is 0 Å². The molecule has 1 aliphatic heterocycles. The van der Waals surface area contributed by atoms with Crippen LogP contribution in [0.25, 0.3) is 21.5 Å². The van der Waals surface area contributed by atoms with Gasteiger partial charge in [0.25, 0.3) is 0 Å². The number of hydrogen-bond donors (Lipinski definition) is 2. The average molecular weight is 665 g/mol. The van der Waals surface area contributed by atoms with Crippen LogP contribution in [0.4, 0.5) is 11.4 Å². The zero-order valence-corrected chi connectivity index (χ0v) is 30.6. The molecule has 0 spiro atoms. The van der Waals surface area contributed by atoms with E-state index in [0.717, 1.165) is 56.7 Å². The van der Waals surface area contributed by atoms with Gasteiger partial charge in [-0.05, 0) is 106 Å². The van der Waals surface area contributed by atoms with Crippen molar-refractivity contribution in [3.05, 3.63) is 120 Å². The Labute approximate surface area is 293 Å². The third kappa shape index (κ3) is 8.13. The molecule has 0 radical (unpaired) electrons. The first-order valence-corrected chi connectivity index (χ1v) is 18.7. The van der Waals surface area contributed by atoms with Crippen LogP contribution < -0.4 is 10.2 Å². The first-order valence-electron chi connectivity index (χ1n) is 17.2. The van der Waals surface area contributed by atoms with Crippen molar-refractivity contribution in [3.63, 3.8) is 0 Å². The van der Waals surface area contributed by atoms with Crippen LogP contribution in [-0.2, 0) is 15.0 Å². The van der Waals surface area contributed by atoms with E-state index in [2.05, 4.69) is 154 Å². The van der Waals surface area contributed by atoms with Crippen LogP contribution in [0, 0.1) is 0 Å². The highest BCUT2D eigenvalue weighted by Gasteiger charge is 2.40. The third-order valence-corrected chi connectivity index (χ3v) is 10.5. The summed E-state index contributed by atoms with van der Waals surface area (Å²) in [5.74, 6) is 1.95. The number of fused-ring (bicyclic) bond motifs is 4. The molecule has 1 heterocycles. The van der Waals surface area contributed by atoms with Crippen LogP contribution in [0.1, 0.15) is 70.9 Å². The summed E-state index contributed by atoms with van der Waals surface area (Å²) in [6.07, 6.45) is 16.8. The summed E-state index contributed by atoms with van der Waals surface area (Å²) < 4.78 is 5.22. The molecule has 3 nitrogen and oxygen atoms in total. The lowest BCUT2D eigenvalue weighted by atomic mass is 9.78. The lowest BCUT2D eigenvalue weighted by Crippen LogP contribution is -2.27. The molecule has 0 fully saturated rings. The fourth-order valence-electron chi connectivity index (χ4n) is 7.15. The molecular weight excluding hydrogens is 613 g/mol. The molecular formula is C42H52N2OS2. The second-order valence-corrected chi connectivity index (χ2v) is 15.1. The van der Waals surface area contributed by atoms with Gasteiger partial charge >= 0.3 is 0 Å². The Morgan fingerprint density at radius 2 is 1.57 bits per heavy atom. The molecule has 0 amide bonds. The first kappa shape index (κ1) is 35.2. The van der Waals surface area contributed by atoms with Gasteiger partial charge in [0.2, 0.25) is 0 Å². The van der Waals surface area contributed by atoms with Crippen molar-refractivity contribution in [2.45, 2.75) is 70.6 Å². The van der Waals surface area contributed by atoms with Gasteiger partial charge in [-0.1, -0.05) is 113 Å². The third-order valence-electron chi connectivity index (χ3n) is 9.48. The Kier molecular flexibility index (Phi) is 12.2. The SMILES string of the molecule is COSCCCCN1/C(=C/C=C/C=C/CC(C)(C)c2c(NCCCCS)ccc3ccccc23)C(C)(C)c2c1ccc1ccccc21. The van der Waals surface area contributed by atoms with Crippen LogP contribution >= 0.6 is 24.7 Å². The molecule has 0 bridgehead atoms. The average Bonchev–Trinajstić information content (AvgIpc) is 3.29. The zero-order chi connectivity index (χ0) is 33.3. The van der Waals surface area contributed by atoms with Crippen molar-refractivity contribution in [2.24, 2.45) is 0 Å². The highest BCUT2D eigenvalue weighted by molar-refractivity contribution is 7.94. The molecule has 0 atom stereocenters. The molecule has 5 rings (SSSR count). The van der Waals surface area contributed by atoms with Crippen LogP contribution in [-0.4, -0.2) is 31.7 Å². The number of hydrogen-bond acceptors (Lipinski definition) is 5. The fraction of sp³-hybridized carbons (Fsp3) is 0.381. The second kappa shape index (κ2) is 16.3. The quantitative estimate of drug-likeness (QED) is 0.0539. The number of allylic oxidation sites excluding steroid dienone is 6. The topological polar surface area (TPSA) is 24.5 Å². The Balaban J connectivity index is 1.36. The van der Waals surface area contributed by atoms with Gasteiger partial charge in [-0.25, -0.2) is 0 Å². The molecule has 5 heteroatoms. The van der Waals surface area contributed by atoms with E-state index >= 15 is 0 Å². The molecule has 0 unspecified atom stereocenters. The lowest BCUT2D eigenvalue weighted by molar-refractivity contribution is 0.488. The summed E-state index contributed by atoms with van der Waals surface area (Å²) >= 11 is 5.94. The molecule has 4 aromatic carbocycles. The maximum Gasteiger partial charge on any atom is 0.0503 e. The van der Waals surface area contributed by atoms with Gasteiger partial charge in [0.15, 0.2) is 0 Å². The van der Waals surface area contributed by atoms with E-state index in [-0.39, 0.29) is 10.8 Å². The zero-order valence-electron chi connectivity index (χ0n) is 28.9. The Bertz CT molecular complexity index is 1740. The molecule has 248 valence electrons. The molecule has 0 aliphatic carbocycles. The van der Waals surface area contributed by atoms with Crippen LogP contribution in [0.15, 0.2) is 109 Å². The van der Waals surface area contributed by atoms with Crippen LogP contribution in [0.5, 0.6) is 0 Å². The van der Waals surface area contributed by atoms with E-state index in [4.69, 9.17) is 4.18 Å². The molecule has 47 heavy (non-hydrogen) atoms. The maximum atomic E-state index is 5.22. The summed E-state index contributed by atoms with van der Waals surface area (Å²) in [7, 11) is 1.75. The van der Waals surface area contributed by atoms with E-state index in [1.807, 2.05) is 0 Å². The van der Waals surface area contributed by atoms with Gasteiger partial charge in [-0.2, -0.15) is 12.6 Å². The maximum absolute atomic E-state index is 5.22. The summed E-state index contributed by atoms with van der Waals surface area (Å²) in [4.78, 5) is 2.56. The van der Waals surface area contributed by atoms with Crippen molar-refractivity contribution >= 4 is 57.6 Å². The van der Waals surface area contributed by atoms with Crippen LogP contribution in [0.3, 0.4) is 0 Å². The highest BCUT2D eigenvalue weighted by atomic mass is 32.2. The van der Waals surface area contributed by atoms with Gasteiger partial charge in [0, 0.05) is 41.3 Å². The normalized spacial score (nSPS) is 15.5. The summed E-state index contributed by atoms with van der Waals surface area (Å²) in [5.41, 5.74) is 6.64. The summed E-state index contributed by atoms with van der Waals surface area (Å²) in [6.45, 7) is 11.5. The summed E-state index contributed by atoms with van der Waals surface area (Å²) in [5, 5.41) is 9.04. The van der Waals surface area contributed by atoms with Crippen molar-refractivity contribution in [2.75, 3.05) is 41.9 Å². The van der Waals surface area contributed by atoms with E-state index in [1.54, 1.807) is 19.2 Å². The fourth-order valence-corrected chi connectivity index (χ4v) is 7.86. The minimum absolute atomic E-state index is 0.0381. The number of benzene rings is 4. The van der Waals surface area contributed by atoms with Crippen molar-refractivity contribution in [3.8, 4) is 0 Å². The molecule has 0 aromatic heterocycles. The van der Waals surface area contributed by atoms with E-state index < -0.39 is 0 Å². The molecule has 0 saturated carbocycles. The first-order chi connectivity index (χ1) is 22.8. The monoisotopic (exact) mass is 664 g/mol. The predicted molar refractivity (Wildman–Crippen MR) is 213 cm³/mol. The molecule has 1 N–H and O–H groups in total. The van der Waals surface area contributed by atoms with Gasteiger partial charge < -0.3 is 14.4 Å². The Morgan fingerprint density at radius 3 is 2.34 bits per heavy atom. The Hall–Kier alpha value is -3.12. The number of rotatable bonds is 16. The predicted octanol–water partition coefficient (Wildman–Crippen LogP) is 11.7. The minimum Gasteiger partial charge on any atom is -0.385 e. The summed E-state index contributed by atoms with van der Waals surface area (Å²) in [6, 6.07) is 26.7. The van der Waals surface area contributed by atoms with Gasteiger partial charge in [0.05, 0.1) is 7.11 Å². The van der Waals surface area contributed by atoms with E-state index in [1.165, 1.54) is 49.7 Å².